The molecule has 146 valence electrons. The predicted molar refractivity (Wildman–Crippen MR) is 109 cm³/mol. The lowest BCUT2D eigenvalue weighted by molar-refractivity contribution is 0.0667. The Balaban J connectivity index is 1.53. The van der Waals surface area contributed by atoms with E-state index in [-0.39, 0.29) is 16.7 Å². The molecule has 0 aliphatic carbocycles. The number of ether oxygens (including phenoxy) is 1. The summed E-state index contributed by atoms with van der Waals surface area (Å²) in [5.74, 6) is 0.853. The number of pyridine rings is 3. The molecule has 29 heavy (non-hydrogen) atoms. The maximum atomic E-state index is 12.8. The van der Waals surface area contributed by atoms with Crippen molar-refractivity contribution in [1.29, 1.82) is 5.26 Å². The smallest absolute Gasteiger partial charge is 0.270 e. The first-order valence-corrected chi connectivity index (χ1v) is 9.86. The second kappa shape index (κ2) is 6.46. The van der Waals surface area contributed by atoms with Gasteiger partial charge in [0.2, 0.25) is 0 Å². The minimum atomic E-state index is -0.326. The van der Waals surface area contributed by atoms with Gasteiger partial charge in [-0.1, -0.05) is 11.6 Å². The van der Waals surface area contributed by atoms with Gasteiger partial charge in [0, 0.05) is 45.6 Å². The minimum Gasteiger partial charge on any atom is -0.485 e. The Bertz CT molecular complexity index is 1210. The molecule has 0 bridgehead atoms. The molecule has 0 aromatic carbocycles. The Labute approximate surface area is 172 Å². The van der Waals surface area contributed by atoms with Crippen LogP contribution >= 0.6 is 11.6 Å². The number of hydrogen-bond acceptors (Lipinski definition) is 6. The van der Waals surface area contributed by atoms with Crippen molar-refractivity contribution in [2.24, 2.45) is 7.05 Å². The van der Waals surface area contributed by atoms with Crippen LogP contribution in [0.1, 0.15) is 24.1 Å². The van der Waals surface area contributed by atoms with Crippen molar-refractivity contribution in [3.63, 3.8) is 0 Å². The topological polar surface area (TPSA) is 84.0 Å². The fourth-order valence-electron chi connectivity index (χ4n) is 4.42. The largest absolute Gasteiger partial charge is 0.485 e. The average Bonchev–Trinajstić information content (AvgIpc) is 3.09. The lowest BCUT2D eigenvalue weighted by Gasteiger charge is -2.40. The molecule has 1 fully saturated rings. The first-order valence-electron chi connectivity index (χ1n) is 9.48. The van der Waals surface area contributed by atoms with Crippen molar-refractivity contribution in [3.05, 3.63) is 57.2 Å². The normalized spacial score (nSPS) is 17.2. The van der Waals surface area contributed by atoms with Crippen LogP contribution in [0, 0.1) is 11.3 Å². The van der Waals surface area contributed by atoms with Crippen LogP contribution in [0.3, 0.4) is 0 Å². The van der Waals surface area contributed by atoms with Gasteiger partial charge in [0.05, 0.1) is 16.9 Å². The van der Waals surface area contributed by atoms with E-state index in [0.717, 1.165) is 30.7 Å². The number of piperidine rings is 1. The number of hydrogen-bond donors (Lipinski definition) is 0. The molecule has 5 rings (SSSR count). The van der Waals surface area contributed by atoms with Crippen LogP contribution in [0.25, 0.3) is 11.0 Å². The monoisotopic (exact) mass is 407 g/mol. The van der Waals surface area contributed by atoms with Crippen molar-refractivity contribution in [2.45, 2.75) is 24.9 Å². The lowest BCUT2D eigenvalue weighted by Crippen LogP contribution is -2.48. The fourth-order valence-corrected chi connectivity index (χ4v) is 4.57. The summed E-state index contributed by atoms with van der Waals surface area (Å²) in [6, 6.07) is 9.35. The highest BCUT2D eigenvalue weighted by atomic mass is 35.5. The van der Waals surface area contributed by atoms with Crippen LogP contribution < -0.4 is 15.2 Å². The van der Waals surface area contributed by atoms with Gasteiger partial charge < -0.3 is 14.2 Å². The van der Waals surface area contributed by atoms with E-state index in [4.69, 9.17) is 16.3 Å². The number of aromatic nitrogens is 3. The lowest BCUT2D eigenvalue weighted by atomic mass is 9.88. The molecule has 2 aliphatic rings. The van der Waals surface area contributed by atoms with E-state index < -0.39 is 0 Å². The van der Waals surface area contributed by atoms with Crippen molar-refractivity contribution >= 4 is 28.3 Å². The molecule has 3 aromatic heterocycles. The molecular formula is C21H18ClN5O2. The average molecular weight is 408 g/mol. The summed E-state index contributed by atoms with van der Waals surface area (Å²) in [6.45, 7) is 1.30. The molecule has 0 unspecified atom stereocenters. The number of rotatable bonds is 1. The highest BCUT2D eigenvalue weighted by Gasteiger charge is 2.43. The van der Waals surface area contributed by atoms with Crippen LogP contribution in [0.4, 0.5) is 5.69 Å². The highest BCUT2D eigenvalue weighted by molar-refractivity contribution is 6.29. The molecule has 0 amide bonds. The van der Waals surface area contributed by atoms with Crippen LogP contribution in [-0.2, 0) is 13.5 Å². The third-order valence-corrected chi connectivity index (χ3v) is 6.16. The molecule has 3 aromatic rings. The van der Waals surface area contributed by atoms with Crippen LogP contribution in [0.15, 0.2) is 35.3 Å². The number of fused-ring (bicyclic) bond motifs is 2. The van der Waals surface area contributed by atoms with Crippen molar-refractivity contribution in [1.82, 2.24) is 14.5 Å². The zero-order chi connectivity index (χ0) is 20.2. The van der Waals surface area contributed by atoms with Gasteiger partial charge in [-0.25, -0.2) is 4.98 Å². The zero-order valence-electron chi connectivity index (χ0n) is 15.9. The molecule has 5 heterocycles. The van der Waals surface area contributed by atoms with Crippen molar-refractivity contribution in [2.75, 3.05) is 18.0 Å². The van der Waals surface area contributed by atoms with Gasteiger partial charge in [-0.15, -0.1) is 0 Å². The van der Waals surface area contributed by atoms with Gasteiger partial charge in [-0.2, -0.15) is 5.26 Å². The third kappa shape index (κ3) is 2.75. The van der Waals surface area contributed by atoms with E-state index >= 15 is 0 Å². The molecule has 1 spiro atoms. The summed E-state index contributed by atoms with van der Waals surface area (Å²) in [5.41, 5.74) is 2.28. The van der Waals surface area contributed by atoms with E-state index in [1.807, 2.05) is 12.1 Å². The van der Waals surface area contributed by atoms with E-state index in [9.17, 15) is 10.1 Å². The summed E-state index contributed by atoms with van der Waals surface area (Å²) < 4.78 is 7.72. The molecule has 7 nitrogen and oxygen atoms in total. The second-order valence-corrected chi connectivity index (χ2v) is 7.99. The maximum absolute atomic E-state index is 12.8. The molecule has 8 heteroatoms. The summed E-state index contributed by atoms with van der Waals surface area (Å²) in [5, 5.41) is 10.1. The van der Waals surface area contributed by atoms with Crippen LogP contribution in [-0.4, -0.2) is 33.2 Å². The zero-order valence-corrected chi connectivity index (χ0v) is 16.6. The first kappa shape index (κ1) is 18.0. The quantitative estimate of drug-likeness (QED) is 0.577. The van der Waals surface area contributed by atoms with Gasteiger partial charge in [0.25, 0.3) is 5.56 Å². The SMILES string of the molecule is Cn1c(=O)c(C#N)c(N2CCC3(CC2)Cc2ncccc2O3)c2nc(Cl)ccc21. The fraction of sp³-hybridized carbons (Fsp3) is 0.333. The Morgan fingerprint density at radius 1 is 1.28 bits per heavy atom. The number of nitriles is 1. The van der Waals surface area contributed by atoms with Crippen LogP contribution in [0.2, 0.25) is 5.15 Å². The number of aryl methyl sites for hydroxylation is 1. The Morgan fingerprint density at radius 2 is 2.07 bits per heavy atom. The van der Waals surface area contributed by atoms with Gasteiger partial charge >= 0.3 is 0 Å². The molecular weight excluding hydrogens is 390 g/mol. The molecule has 0 saturated carbocycles. The predicted octanol–water partition coefficient (Wildman–Crippen LogP) is 2.83. The summed E-state index contributed by atoms with van der Waals surface area (Å²) in [7, 11) is 1.65. The van der Waals surface area contributed by atoms with Gasteiger partial charge in [-0.05, 0) is 24.3 Å². The molecule has 0 radical (unpaired) electrons. The summed E-state index contributed by atoms with van der Waals surface area (Å²) in [6.07, 6.45) is 4.11. The molecule has 0 atom stereocenters. The Kier molecular flexibility index (Phi) is 4.00. The van der Waals surface area contributed by atoms with Gasteiger partial charge in [0.1, 0.15) is 33.7 Å². The van der Waals surface area contributed by atoms with E-state index in [0.29, 0.717) is 35.0 Å². The third-order valence-electron chi connectivity index (χ3n) is 5.95. The molecule has 1 saturated heterocycles. The minimum absolute atomic E-state index is 0.100. The summed E-state index contributed by atoms with van der Waals surface area (Å²) >= 11 is 6.14. The highest BCUT2D eigenvalue weighted by Crippen LogP contribution is 2.41. The Morgan fingerprint density at radius 3 is 2.79 bits per heavy atom. The van der Waals surface area contributed by atoms with Crippen LogP contribution in [0.5, 0.6) is 5.75 Å². The van der Waals surface area contributed by atoms with Crippen molar-refractivity contribution < 1.29 is 4.74 Å². The second-order valence-electron chi connectivity index (χ2n) is 7.60. The standard InChI is InChI=1S/C21H18ClN5O2/c1-26-15-4-5-17(22)25-18(15)19(13(12-23)20(26)28)27-9-6-21(7-10-27)11-14-16(29-21)3-2-8-24-14/h2-5,8H,6-7,9-11H2,1H3. The van der Waals surface area contributed by atoms with Crippen molar-refractivity contribution in [3.8, 4) is 11.8 Å². The summed E-state index contributed by atoms with van der Waals surface area (Å²) in [4.78, 5) is 23.7. The molecule has 2 aliphatic heterocycles. The van der Waals surface area contributed by atoms with E-state index in [1.54, 1.807) is 25.4 Å². The number of anilines is 1. The number of halogens is 1. The Hall–Kier alpha value is -3.11. The van der Waals surface area contributed by atoms with Gasteiger partial charge in [-0.3, -0.25) is 9.78 Å². The maximum Gasteiger partial charge on any atom is 0.270 e. The van der Waals surface area contributed by atoms with E-state index in [2.05, 4.69) is 20.9 Å². The van der Waals surface area contributed by atoms with Gasteiger partial charge in [0.15, 0.2) is 0 Å². The van der Waals surface area contributed by atoms with E-state index in [1.165, 1.54) is 4.57 Å². The molecule has 0 N–H and O–H groups in total. The number of nitrogens with zero attached hydrogens (tertiary/aromatic N) is 5. The first-order chi connectivity index (χ1) is 14.0.